The molecule has 0 heterocycles. The Morgan fingerprint density at radius 1 is 0.882 bits per heavy atom. The molecule has 2 atom stereocenters. The van der Waals surface area contributed by atoms with Crippen molar-refractivity contribution in [3.63, 3.8) is 0 Å². The molecule has 11 heteroatoms. The summed E-state index contributed by atoms with van der Waals surface area (Å²) in [6, 6.07) is 0. The third-order valence-corrected chi connectivity index (χ3v) is 2.29. The van der Waals surface area contributed by atoms with Gasteiger partial charge in [-0.05, 0) is 0 Å². The zero-order chi connectivity index (χ0) is 13.6. The van der Waals surface area contributed by atoms with Gasteiger partial charge in [0, 0.05) is 0 Å². The van der Waals surface area contributed by atoms with Gasteiger partial charge in [0.05, 0.1) is 13.2 Å². The van der Waals surface area contributed by atoms with Crippen LogP contribution in [0.25, 0.3) is 0 Å². The Balaban J connectivity index is 4.00. The summed E-state index contributed by atoms with van der Waals surface area (Å²) in [5.74, 6) is 0. The fourth-order valence-electron chi connectivity index (χ4n) is 0.514. The zero-order valence-corrected chi connectivity index (χ0v) is 9.01. The molecule has 0 fully saturated rings. The molecule has 1 N–H and O–H groups in total. The molecule has 0 radical (unpaired) electrons. The lowest BCUT2D eigenvalue weighted by Crippen LogP contribution is -2.21. The highest BCUT2D eigenvalue weighted by molar-refractivity contribution is 7.47. The number of phosphoric ester groups is 1. The number of alkyl halides is 6. The maximum absolute atomic E-state index is 12.2. The number of hydrogen-bond acceptors (Lipinski definition) is 3. The molecule has 0 aromatic carbocycles. The summed E-state index contributed by atoms with van der Waals surface area (Å²) < 4.78 is 89.0. The molecule has 2 unspecified atom stereocenters. The molecule has 0 amide bonds. The van der Waals surface area contributed by atoms with E-state index in [2.05, 4.69) is 9.05 Å². The quantitative estimate of drug-likeness (QED) is 0.550. The summed E-state index contributed by atoms with van der Waals surface area (Å²) in [6.45, 7) is -2.95. The molecule has 0 bridgehead atoms. The summed E-state index contributed by atoms with van der Waals surface area (Å²) >= 11 is 0. The van der Waals surface area contributed by atoms with Crippen molar-refractivity contribution in [1.29, 1.82) is 0 Å². The van der Waals surface area contributed by atoms with Crippen molar-refractivity contribution >= 4 is 7.82 Å². The Labute approximate surface area is 92.1 Å². The molecule has 0 spiro atoms. The fourth-order valence-corrected chi connectivity index (χ4v) is 1.25. The minimum atomic E-state index is -5.03. The van der Waals surface area contributed by atoms with Gasteiger partial charge in [-0.25, -0.2) is 30.9 Å². The largest absolute Gasteiger partial charge is 0.472 e. The van der Waals surface area contributed by atoms with Crippen LogP contribution in [-0.4, -0.2) is 43.3 Å². The number of halogens is 6. The van der Waals surface area contributed by atoms with E-state index in [-0.39, 0.29) is 0 Å². The van der Waals surface area contributed by atoms with Crippen molar-refractivity contribution in [1.82, 2.24) is 0 Å². The summed E-state index contributed by atoms with van der Waals surface area (Å²) in [4.78, 5) is 8.66. The molecule has 0 rings (SSSR count). The van der Waals surface area contributed by atoms with Crippen molar-refractivity contribution in [2.75, 3.05) is 13.2 Å². The number of hydrogen-bond donors (Lipinski definition) is 1. The van der Waals surface area contributed by atoms with E-state index >= 15 is 0 Å². The van der Waals surface area contributed by atoms with E-state index in [9.17, 15) is 30.9 Å². The third-order valence-electron chi connectivity index (χ3n) is 1.34. The lowest BCUT2D eigenvalue weighted by atomic mass is 10.4. The molecule has 17 heavy (non-hydrogen) atoms. The molecule has 104 valence electrons. The van der Waals surface area contributed by atoms with E-state index in [1.54, 1.807) is 0 Å². The molecule has 4 nitrogen and oxygen atoms in total. The first-order valence-corrected chi connectivity index (χ1v) is 5.61. The summed E-state index contributed by atoms with van der Waals surface area (Å²) in [5, 5.41) is 0. The summed E-state index contributed by atoms with van der Waals surface area (Å²) in [6.07, 6.45) is -12.6. The van der Waals surface area contributed by atoms with E-state index in [4.69, 9.17) is 4.89 Å². The van der Waals surface area contributed by atoms with Gasteiger partial charge in [0.15, 0.2) is 12.3 Å². The zero-order valence-electron chi connectivity index (χ0n) is 8.11. The molecule has 0 aliphatic heterocycles. The monoisotopic (exact) mass is 290 g/mol. The normalized spacial score (nSPS) is 19.4. The van der Waals surface area contributed by atoms with Crippen LogP contribution in [0.1, 0.15) is 0 Å². The van der Waals surface area contributed by atoms with Crippen LogP contribution in [0.4, 0.5) is 26.3 Å². The summed E-state index contributed by atoms with van der Waals surface area (Å²) in [5.41, 5.74) is 0. The average Bonchev–Trinajstić information content (AvgIpc) is 2.22. The molecular formula is C6H9F6O4P. The van der Waals surface area contributed by atoms with Gasteiger partial charge in [-0.1, -0.05) is 0 Å². The first-order valence-electron chi connectivity index (χ1n) is 4.12. The van der Waals surface area contributed by atoms with Crippen molar-refractivity contribution in [3.05, 3.63) is 0 Å². The minimum absolute atomic E-state index is 1.48. The second-order valence-corrected chi connectivity index (χ2v) is 4.21. The van der Waals surface area contributed by atoms with Crippen molar-refractivity contribution in [3.8, 4) is 0 Å². The first kappa shape index (κ1) is 16.7. The topological polar surface area (TPSA) is 55.8 Å². The van der Waals surface area contributed by atoms with Crippen LogP contribution in [-0.2, 0) is 13.6 Å². The predicted octanol–water partition coefficient (Wildman–Crippen LogP) is 2.33. The number of rotatable bonds is 8. The first-order chi connectivity index (χ1) is 7.65. The SMILES string of the molecule is O=P(O)(OCC(F)C(F)F)OCC(F)C(F)F. The molecule has 0 aromatic heterocycles. The van der Waals surface area contributed by atoms with E-state index in [1.165, 1.54) is 0 Å². The van der Waals surface area contributed by atoms with Gasteiger partial charge in [0.25, 0.3) is 12.9 Å². The molecule has 0 saturated heterocycles. The lowest BCUT2D eigenvalue weighted by Gasteiger charge is -2.14. The van der Waals surface area contributed by atoms with Gasteiger partial charge < -0.3 is 4.89 Å². The van der Waals surface area contributed by atoms with Gasteiger partial charge in [-0.2, -0.15) is 0 Å². The average molecular weight is 290 g/mol. The predicted molar refractivity (Wildman–Crippen MR) is 43.5 cm³/mol. The van der Waals surface area contributed by atoms with E-state index in [0.29, 0.717) is 0 Å². The maximum Gasteiger partial charge on any atom is 0.472 e. The third kappa shape index (κ3) is 7.58. The van der Waals surface area contributed by atoms with Crippen LogP contribution < -0.4 is 0 Å². The van der Waals surface area contributed by atoms with Gasteiger partial charge in [0.2, 0.25) is 0 Å². The molecule has 0 saturated carbocycles. The molecular weight excluding hydrogens is 281 g/mol. The van der Waals surface area contributed by atoms with Crippen molar-refractivity contribution in [2.45, 2.75) is 25.2 Å². The Morgan fingerprint density at radius 2 is 1.18 bits per heavy atom. The molecule has 0 aromatic rings. The van der Waals surface area contributed by atoms with E-state index in [1.807, 2.05) is 0 Å². The highest BCUT2D eigenvalue weighted by atomic mass is 31.2. The van der Waals surface area contributed by atoms with E-state index in [0.717, 1.165) is 0 Å². The second kappa shape index (κ2) is 7.20. The highest BCUT2D eigenvalue weighted by Gasteiger charge is 2.30. The van der Waals surface area contributed by atoms with Gasteiger partial charge >= 0.3 is 7.82 Å². The van der Waals surface area contributed by atoms with Crippen LogP contribution in [0.15, 0.2) is 0 Å². The van der Waals surface area contributed by atoms with Crippen molar-refractivity contribution in [2.24, 2.45) is 0 Å². The second-order valence-electron chi connectivity index (χ2n) is 2.76. The number of phosphoric acid groups is 1. The summed E-state index contributed by atoms with van der Waals surface area (Å²) in [7, 11) is -5.03. The molecule has 0 aliphatic rings. The minimum Gasteiger partial charge on any atom is -0.302 e. The Bertz CT molecular complexity index is 243. The van der Waals surface area contributed by atoms with E-state index < -0.39 is 46.2 Å². The van der Waals surface area contributed by atoms with Crippen LogP contribution >= 0.6 is 7.82 Å². The van der Waals surface area contributed by atoms with Gasteiger partial charge in [0.1, 0.15) is 0 Å². The lowest BCUT2D eigenvalue weighted by molar-refractivity contribution is -0.00231. The fraction of sp³-hybridized carbons (Fsp3) is 1.00. The smallest absolute Gasteiger partial charge is 0.302 e. The van der Waals surface area contributed by atoms with Crippen LogP contribution in [0.2, 0.25) is 0 Å². The van der Waals surface area contributed by atoms with Crippen molar-refractivity contribution < 1.29 is 44.8 Å². The Kier molecular flexibility index (Phi) is 7.07. The standard InChI is InChI=1S/C6H9F6O4P/c7-3(5(9)10)1-15-17(13,14)16-2-4(8)6(11)12/h3-6H,1-2H2,(H,13,14). The van der Waals surface area contributed by atoms with Crippen LogP contribution in [0.5, 0.6) is 0 Å². The van der Waals surface area contributed by atoms with Gasteiger partial charge in [-0.3, -0.25) is 9.05 Å². The van der Waals surface area contributed by atoms with Gasteiger partial charge in [-0.15, -0.1) is 0 Å². The van der Waals surface area contributed by atoms with Crippen LogP contribution in [0.3, 0.4) is 0 Å². The van der Waals surface area contributed by atoms with Crippen LogP contribution in [0, 0.1) is 0 Å². The Hall–Kier alpha value is -0.310. The maximum atomic E-state index is 12.2. The molecule has 0 aliphatic carbocycles. The highest BCUT2D eigenvalue weighted by Crippen LogP contribution is 2.43. The Morgan fingerprint density at radius 3 is 1.41 bits per heavy atom.